The molecule has 2 N–H and O–H groups in total. The van der Waals surface area contributed by atoms with E-state index in [4.69, 9.17) is 0 Å². The Labute approximate surface area is 160 Å². The van der Waals surface area contributed by atoms with Crippen molar-refractivity contribution in [1.29, 1.82) is 0 Å². The van der Waals surface area contributed by atoms with Gasteiger partial charge in [-0.2, -0.15) is 0 Å². The van der Waals surface area contributed by atoms with Gasteiger partial charge in [-0.3, -0.25) is 9.59 Å². The number of carbonyl (C=O) groups is 2. The van der Waals surface area contributed by atoms with Gasteiger partial charge in [-0.25, -0.2) is 0 Å². The molecule has 1 aliphatic heterocycles. The Morgan fingerprint density at radius 1 is 0.889 bits per heavy atom. The molecule has 2 aromatic carbocycles. The highest BCUT2D eigenvalue weighted by molar-refractivity contribution is 5.96. The number of amides is 1. The summed E-state index contributed by atoms with van der Waals surface area (Å²) in [6, 6.07) is 15.1. The molecule has 0 saturated carbocycles. The maximum Gasteiger partial charge on any atom is 0.243 e. The fourth-order valence-electron chi connectivity index (χ4n) is 3.03. The molecule has 0 aliphatic carbocycles. The maximum absolute atomic E-state index is 12.1. The van der Waals surface area contributed by atoms with Gasteiger partial charge < -0.3 is 20.4 Å². The number of carbonyl (C=O) groups excluding carboxylic acids is 2. The number of anilines is 3. The van der Waals surface area contributed by atoms with Crippen LogP contribution in [0, 0.1) is 0 Å². The number of Topliss-reactive ketones (excluding diaryl/α,β-unsaturated/α-hetero) is 1. The third kappa shape index (κ3) is 5.31. The van der Waals surface area contributed by atoms with Gasteiger partial charge in [-0.05, 0) is 62.5 Å². The molecule has 2 aromatic rings. The van der Waals surface area contributed by atoms with E-state index in [-0.39, 0.29) is 18.2 Å². The van der Waals surface area contributed by atoms with Crippen molar-refractivity contribution in [3.05, 3.63) is 54.1 Å². The smallest absolute Gasteiger partial charge is 0.243 e. The fraction of sp³-hybridized carbons (Fsp3) is 0.333. The van der Waals surface area contributed by atoms with E-state index in [2.05, 4.69) is 39.6 Å². The van der Waals surface area contributed by atoms with Crippen molar-refractivity contribution in [2.75, 3.05) is 55.3 Å². The highest BCUT2D eigenvalue weighted by Gasteiger charge is 2.14. The highest BCUT2D eigenvalue weighted by Crippen LogP contribution is 2.19. The zero-order chi connectivity index (χ0) is 19.2. The molecule has 1 saturated heterocycles. The second kappa shape index (κ2) is 8.68. The molecule has 1 fully saturated rings. The van der Waals surface area contributed by atoms with Crippen LogP contribution in [0.4, 0.5) is 17.1 Å². The standard InChI is InChI=1S/C21H26N4O2/c1-16(26)17-3-5-19(6-4-17)23-21(27)15-22-18-7-9-20(10-8-18)25-13-11-24(2)12-14-25/h3-10,22H,11-15H2,1-2H3,(H,23,27). The second-order valence-corrected chi connectivity index (χ2v) is 6.87. The van der Waals surface area contributed by atoms with Crippen molar-refractivity contribution in [3.8, 4) is 0 Å². The highest BCUT2D eigenvalue weighted by atomic mass is 16.2. The summed E-state index contributed by atoms with van der Waals surface area (Å²) in [7, 11) is 2.15. The number of piperazine rings is 1. The first-order chi connectivity index (χ1) is 13.0. The van der Waals surface area contributed by atoms with Crippen LogP contribution in [0.3, 0.4) is 0 Å². The summed E-state index contributed by atoms with van der Waals surface area (Å²) in [5.41, 5.74) is 3.43. The largest absolute Gasteiger partial charge is 0.376 e. The Balaban J connectivity index is 1.47. The van der Waals surface area contributed by atoms with E-state index < -0.39 is 0 Å². The lowest BCUT2D eigenvalue weighted by Crippen LogP contribution is -2.44. The van der Waals surface area contributed by atoms with Crippen LogP contribution in [0.1, 0.15) is 17.3 Å². The van der Waals surface area contributed by atoms with Gasteiger partial charge in [-0.15, -0.1) is 0 Å². The number of benzene rings is 2. The second-order valence-electron chi connectivity index (χ2n) is 6.87. The number of rotatable bonds is 6. The van der Waals surface area contributed by atoms with E-state index in [1.807, 2.05) is 12.1 Å². The summed E-state index contributed by atoms with van der Waals surface area (Å²) in [4.78, 5) is 28.1. The van der Waals surface area contributed by atoms with Gasteiger partial charge in [0, 0.05) is 48.8 Å². The van der Waals surface area contributed by atoms with Crippen LogP contribution in [-0.2, 0) is 4.79 Å². The zero-order valence-electron chi connectivity index (χ0n) is 15.9. The molecule has 1 heterocycles. The van der Waals surface area contributed by atoms with Crippen LogP contribution in [0.2, 0.25) is 0 Å². The SMILES string of the molecule is CC(=O)c1ccc(NC(=O)CNc2ccc(N3CCN(C)CC3)cc2)cc1. The lowest BCUT2D eigenvalue weighted by molar-refractivity contribution is -0.114. The van der Waals surface area contributed by atoms with Gasteiger partial charge in [0.05, 0.1) is 6.54 Å². The summed E-state index contributed by atoms with van der Waals surface area (Å²) >= 11 is 0. The number of nitrogens with zero attached hydrogens (tertiary/aromatic N) is 2. The molecule has 27 heavy (non-hydrogen) atoms. The molecule has 0 bridgehead atoms. The molecule has 6 heteroatoms. The van der Waals surface area contributed by atoms with Crippen LogP contribution in [0.15, 0.2) is 48.5 Å². The molecule has 0 atom stereocenters. The number of hydrogen-bond donors (Lipinski definition) is 2. The number of nitrogens with one attached hydrogen (secondary N) is 2. The minimum Gasteiger partial charge on any atom is -0.376 e. The molecule has 1 aliphatic rings. The Bertz CT molecular complexity index is 779. The molecule has 0 radical (unpaired) electrons. The van der Waals surface area contributed by atoms with Crippen molar-refractivity contribution >= 4 is 28.8 Å². The predicted molar refractivity (Wildman–Crippen MR) is 110 cm³/mol. The van der Waals surface area contributed by atoms with Gasteiger partial charge in [0.1, 0.15) is 0 Å². The van der Waals surface area contributed by atoms with E-state index in [1.54, 1.807) is 24.3 Å². The molecular formula is C21H26N4O2. The summed E-state index contributed by atoms with van der Waals surface area (Å²) < 4.78 is 0. The Morgan fingerprint density at radius 2 is 1.48 bits per heavy atom. The van der Waals surface area contributed by atoms with Crippen LogP contribution in [0.25, 0.3) is 0 Å². The minimum absolute atomic E-state index is 0.00886. The van der Waals surface area contributed by atoms with Crippen molar-refractivity contribution in [2.24, 2.45) is 0 Å². The molecule has 0 unspecified atom stereocenters. The van der Waals surface area contributed by atoms with Gasteiger partial charge in [0.25, 0.3) is 0 Å². The number of likely N-dealkylation sites (N-methyl/N-ethyl adjacent to an activating group) is 1. The quantitative estimate of drug-likeness (QED) is 0.770. The van der Waals surface area contributed by atoms with Crippen LogP contribution >= 0.6 is 0 Å². The summed E-state index contributed by atoms with van der Waals surface area (Å²) in [6.45, 7) is 5.93. The fourth-order valence-corrected chi connectivity index (χ4v) is 3.03. The van der Waals surface area contributed by atoms with Crippen molar-refractivity contribution in [1.82, 2.24) is 4.90 Å². The molecule has 6 nitrogen and oxygen atoms in total. The monoisotopic (exact) mass is 366 g/mol. The lowest BCUT2D eigenvalue weighted by atomic mass is 10.1. The van der Waals surface area contributed by atoms with Crippen LogP contribution < -0.4 is 15.5 Å². The Kier molecular flexibility index (Phi) is 6.08. The normalized spacial score (nSPS) is 14.7. The van der Waals surface area contributed by atoms with Gasteiger partial charge in [-0.1, -0.05) is 0 Å². The Hall–Kier alpha value is -2.86. The van der Waals surface area contributed by atoms with E-state index in [1.165, 1.54) is 12.6 Å². The molecule has 0 spiro atoms. The third-order valence-corrected chi connectivity index (χ3v) is 4.76. The minimum atomic E-state index is -0.131. The van der Waals surface area contributed by atoms with E-state index in [0.717, 1.165) is 31.9 Å². The molecule has 3 rings (SSSR count). The van der Waals surface area contributed by atoms with Gasteiger partial charge in [0.2, 0.25) is 5.91 Å². The first kappa shape index (κ1) is 18.9. The lowest BCUT2D eigenvalue weighted by Gasteiger charge is -2.34. The van der Waals surface area contributed by atoms with Crippen LogP contribution in [0.5, 0.6) is 0 Å². The van der Waals surface area contributed by atoms with Crippen LogP contribution in [-0.4, -0.2) is 56.4 Å². The topological polar surface area (TPSA) is 64.7 Å². The average Bonchev–Trinajstić information content (AvgIpc) is 2.68. The number of ketones is 1. The molecular weight excluding hydrogens is 340 g/mol. The van der Waals surface area contributed by atoms with Crippen molar-refractivity contribution in [3.63, 3.8) is 0 Å². The summed E-state index contributed by atoms with van der Waals surface area (Å²) in [6.07, 6.45) is 0. The van der Waals surface area contributed by atoms with Crippen molar-refractivity contribution < 1.29 is 9.59 Å². The summed E-state index contributed by atoms with van der Waals surface area (Å²) in [5, 5.41) is 5.96. The first-order valence-electron chi connectivity index (χ1n) is 9.19. The van der Waals surface area contributed by atoms with Gasteiger partial charge in [0.15, 0.2) is 5.78 Å². The molecule has 0 aromatic heterocycles. The van der Waals surface area contributed by atoms with Crippen molar-refractivity contribution in [2.45, 2.75) is 6.92 Å². The molecule has 142 valence electrons. The predicted octanol–water partition coefficient (Wildman–Crippen LogP) is 2.69. The van der Waals surface area contributed by atoms with Gasteiger partial charge >= 0.3 is 0 Å². The maximum atomic E-state index is 12.1. The Morgan fingerprint density at radius 3 is 2.07 bits per heavy atom. The van der Waals surface area contributed by atoms with E-state index in [9.17, 15) is 9.59 Å². The van der Waals surface area contributed by atoms with E-state index >= 15 is 0 Å². The van der Waals surface area contributed by atoms with E-state index in [0.29, 0.717) is 11.3 Å². The number of hydrogen-bond acceptors (Lipinski definition) is 5. The molecule has 1 amide bonds. The average molecular weight is 366 g/mol. The summed E-state index contributed by atoms with van der Waals surface area (Å²) in [5.74, 6) is -0.122. The zero-order valence-corrected chi connectivity index (χ0v) is 15.9. The first-order valence-corrected chi connectivity index (χ1v) is 9.19. The third-order valence-electron chi connectivity index (χ3n) is 4.76.